The molecule has 2 heterocycles. The Kier molecular flexibility index (Phi) is 8.55. The van der Waals surface area contributed by atoms with Gasteiger partial charge in [-0.25, -0.2) is 0 Å². The van der Waals surface area contributed by atoms with Crippen LogP contribution in [0, 0.1) is 5.92 Å². The van der Waals surface area contributed by atoms with Crippen LogP contribution in [-0.2, 0) is 9.47 Å². The van der Waals surface area contributed by atoms with Crippen LogP contribution in [0.3, 0.4) is 0 Å². The lowest BCUT2D eigenvalue weighted by atomic mass is 10.0. The molecule has 4 aromatic carbocycles. The second kappa shape index (κ2) is 12.8. The number of epoxide rings is 2. The second-order valence-electron chi connectivity index (χ2n) is 11.0. The first-order chi connectivity index (χ1) is 19.7. The van der Waals surface area contributed by atoms with Crippen LogP contribution in [0.1, 0.15) is 32.6 Å². The molecule has 2 fully saturated rings. The molecule has 0 N–H and O–H groups in total. The van der Waals surface area contributed by atoms with Crippen molar-refractivity contribution in [3.63, 3.8) is 0 Å². The molecule has 2 unspecified atom stereocenters. The minimum atomic E-state index is 0.265. The minimum absolute atomic E-state index is 0.265. The van der Waals surface area contributed by atoms with Crippen molar-refractivity contribution in [1.82, 2.24) is 0 Å². The van der Waals surface area contributed by atoms with Crippen molar-refractivity contribution in [3.8, 4) is 23.0 Å². The first kappa shape index (κ1) is 26.7. The van der Waals surface area contributed by atoms with Crippen molar-refractivity contribution >= 4 is 21.5 Å². The number of ether oxygens (including phenoxy) is 6. The molecule has 0 aliphatic carbocycles. The SMILES string of the molecule is CC(CCCOc1ccc2cc(OCC3CO3)ccc2c1)CCCOc1ccc2cc(OCC3CO3)ccc2c1. The summed E-state index contributed by atoms with van der Waals surface area (Å²) in [6.07, 6.45) is 4.90. The molecule has 0 spiro atoms. The van der Waals surface area contributed by atoms with E-state index in [-0.39, 0.29) is 12.2 Å². The molecule has 0 saturated carbocycles. The molecule has 210 valence electrons. The summed E-state index contributed by atoms with van der Waals surface area (Å²) >= 11 is 0. The van der Waals surface area contributed by atoms with Crippen molar-refractivity contribution in [2.75, 3.05) is 39.6 Å². The van der Waals surface area contributed by atoms with Crippen LogP contribution in [0.4, 0.5) is 0 Å². The Hall–Kier alpha value is -3.48. The Labute approximate surface area is 236 Å². The van der Waals surface area contributed by atoms with Crippen molar-refractivity contribution in [3.05, 3.63) is 72.8 Å². The third-order valence-electron chi connectivity index (χ3n) is 7.46. The molecule has 0 bridgehead atoms. The Balaban J connectivity index is 0.864. The molecule has 2 atom stereocenters. The third-order valence-corrected chi connectivity index (χ3v) is 7.46. The smallest absolute Gasteiger partial charge is 0.120 e. The summed E-state index contributed by atoms with van der Waals surface area (Å²) in [5.74, 6) is 4.24. The van der Waals surface area contributed by atoms with Crippen molar-refractivity contribution in [2.45, 2.75) is 44.8 Å². The Bertz CT molecular complexity index is 1300. The lowest BCUT2D eigenvalue weighted by Crippen LogP contribution is -2.04. The maximum Gasteiger partial charge on any atom is 0.120 e. The van der Waals surface area contributed by atoms with Gasteiger partial charge in [0.05, 0.1) is 26.4 Å². The average molecular weight is 543 g/mol. The van der Waals surface area contributed by atoms with E-state index < -0.39 is 0 Å². The lowest BCUT2D eigenvalue weighted by molar-refractivity contribution is 0.263. The molecular weight excluding hydrogens is 504 g/mol. The summed E-state index contributed by atoms with van der Waals surface area (Å²) in [7, 11) is 0. The zero-order valence-corrected chi connectivity index (χ0v) is 23.2. The van der Waals surface area contributed by atoms with Gasteiger partial charge in [-0.2, -0.15) is 0 Å². The van der Waals surface area contributed by atoms with Gasteiger partial charge in [-0.3, -0.25) is 0 Å². The predicted octanol–water partition coefficient (Wildman–Crippen LogP) is 7.20. The van der Waals surface area contributed by atoms with Crippen LogP contribution in [0.2, 0.25) is 0 Å². The number of hydrogen-bond donors (Lipinski definition) is 0. The normalized spacial score (nSPS) is 18.4. The van der Waals surface area contributed by atoms with Gasteiger partial charge in [-0.15, -0.1) is 0 Å². The average Bonchev–Trinajstić information content (AvgIpc) is 3.91. The highest BCUT2D eigenvalue weighted by molar-refractivity contribution is 5.86. The summed E-state index contributed by atoms with van der Waals surface area (Å²) < 4.78 is 34.1. The van der Waals surface area contributed by atoms with Crippen LogP contribution < -0.4 is 18.9 Å². The fraction of sp³-hybridized carbons (Fsp3) is 0.412. The summed E-state index contributed by atoms with van der Waals surface area (Å²) in [4.78, 5) is 0. The third kappa shape index (κ3) is 7.80. The molecule has 2 saturated heterocycles. The predicted molar refractivity (Wildman–Crippen MR) is 157 cm³/mol. The van der Waals surface area contributed by atoms with E-state index in [0.717, 1.165) is 96.7 Å². The number of benzene rings is 4. The first-order valence-corrected chi connectivity index (χ1v) is 14.5. The van der Waals surface area contributed by atoms with Gasteiger partial charge in [0.25, 0.3) is 0 Å². The minimum Gasteiger partial charge on any atom is -0.494 e. The fourth-order valence-corrected chi connectivity index (χ4v) is 4.86. The molecule has 4 aromatic rings. The highest BCUT2D eigenvalue weighted by Crippen LogP contribution is 2.27. The molecule has 2 aliphatic rings. The zero-order valence-electron chi connectivity index (χ0n) is 23.2. The van der Waals surface area contributed by atoms with Gasteiger partial charge in [0.2, 0.25) is 0 Å². The Morgan fingerprint density at radius 3 is 1.27 bits per heavy atom. The van der Waals surface area contributed by atoms with Gasteiger partial charge in [0, 0.05) is 0 Å². The van der Waals surface area contributed by atoms with Crippen LogP contribution in [0.5, 0.6) is 23.0 Å². The van der Waals surface area contributed by atoms with E-state index in [1.54, 1.807) is 0 Å². The van der Waals surface area contributed by atoms with E-state index in [0.29, 0.717) is 19.1 Å². The quantitative estimate of drug-likeness (QED) is 0.110. The molecule has 6 heteroatoms. The van der Waals surface area contributed by atoms with E-state index in [1.807, 2.05) is 24.3 Å². The molecular formula is C34H38O6. The first-order valence-electron chi connectivity index (χ1n) is 14.5. The molecule has 6 nitrogen and oxygen atoms in total. The molecule has 0 amide bonds. The maximum absolute atomic E-state index is 6.05. The van der Waals surface area contributed by atoms with Gasteiger partial charge >= 0.3 is 0 Å². The number of fused-ring (bicyclic) bond motifs is 2. The van der Waals surface area contributed by atoms with Gasteiger partial charge < -0.3 is 28.4 Å². The van der Waals surface area contributed by atoms with Crippen molar-refractivity contribution in [1.29, 1.82) is 0 Å². The highest BCUT2D eigenvalue weighted by Gasteiger charge is 2.23. The van der Waals surface area contributed by atoms with E-state index in [2.05, 4.69) is 55.5 Å². The zero-order chi connectivity index (χ0) is 27.1. The lowest BCUT2D eigenvalue weighted by Gasteiger charge is -2.13. The van der Waals surface area contributed by atoms with Crippen LogP contribution in [0.25, 0.3) is 21.5 Å². The van der Waals surface area contributed by atoms with E-state index in [9.17, 15) is 0 Å². The largest absolute Gasteiger partial charge is 0.494 e. The summed E-state index contributed by atoms with van der Waals surface area (Å²) in [6, 6.07) is 24.8. The topological polar surface area (TPSA) is 62.0 Å². The Morgan fingerprint density at radius 2 is 0.925 bits per heavy atom. The standard InChI is InChI=1S/C34H38O6/c1-24(4-2-14-35-29-10-6-27-18-31(12-8-25(27)16-29)37-20-33-22-39-33)5-3-15-36-30-11-7-28-19-32(13-9-26(28)17-30)38-21-34-23-40-34/h6-13,16-19,24,33-34H,2-5,14-15,20-23H2,1H3. The molecule has 0 aromatic heterocycles. The monoisotopic (exact) mass is 542 g/mol. The van der Waals surface area contributed by atoms with Crippen molar-refractivity contribution in [2.24, 2.45) is 5.92 Å². The van der Waals surface area contributed by atoms with E-state index in [4.69, 9.17) is 28.4 Å². The molecule has 6 rings (SSSR count). The number of hydrogen-bond acceptors (Lipinski definition) is 6. The van der Waals surface area contributed by atoms with Gasteiger partial charge in [0.15, 0.2) is 0 Å². The van der Waals surface area contributed by atoms with Gasteiger partial charge in [0.1, 0.15) is 48.4 Å². The van der Waals surface area contributed by atoms with Crippen molar-refractivity contribution < 1.29 is 28.4 Å². The molecule has 0 radical (unpaired) electrons. The molecule has 2 aliphatic heterocycles. The van der Waals surface area contributed by atoms with Crippen LogP contribution in [-0.4, -0.2) is 51.8 Å². The maximum atomic E-state index is 6.05. The second-order valence-corrected chi connectivity index (χ2v) is 11.0. The summed E-state index contributed by atoms with van der Waals surface area (Å²) in [5, 5.41) is 4.62. The summed E-state index contributed by atoms with van der Waals surface area (Å²) in [6.45, 7) is 6.64. The Morgan fingerprint density at radius 1 is 0.575 bits per heavy atom. The fourth-order valence-electron chi connectivity index (χ4n) is 4.86. The van der Waals surface area contributed by atoms with Crippen LogP contribution >= 0.6 is 0 Å². The van der Waals surface area contributed by atoms with E-state index >= 15 is 0 Å². The van der Waals surface area contributed by atoms with Crippen LogP contribution in [0.15, 0.2) is 72.8 Å². The molecule has 40 heavy (non-hydrogen) atoms. The van der Waals surface area contributed by atoms with Gasteiger partial charge in [-0.1, -0.05) is 31.2 Å². The van der Waals surface area contributed by atoms with Gasteiger partial charge in [-0.05, 0) is 102 Å². The highest BCUT2D eigenvalue weighted by atomic mass is 16.6. The summed E-state index contributed by atoms with van der Waals surface area (Å²) in [5.41, 5.74) is 0. The van der Waals surface area contributed by atoms with E-state index in [1.165, 1.54) is 0 Å². The number of rotatable bonds is 16.